The van der Waals surface area contributed by atoms with E-state index >= 15 is 0 Å². The molecule has 0 heterocycles. The molecule has 0 amide bonds. The largest absolute Gasteiger partial charge is 0.480 e. The lowest BCUT2D eigenvalue weighted by Crippen LogP contribution is -2.15. The zero-order chi connectivity index (χ0) is 14.8. The first kappa shape index (κ1) is 16.6. The Balaban J connectivity index is 0.000000555. The molecule has 0 fully saturated rings. The number of carboxylic acid groups (broad SMARTS) is 1. The number of anilines is 1. The zero-order valence-corrected chi connectivity index (χ0v) is 9.91. The maximum Gasteiger partial charge on any atom is 0.345 e. The minimum Gasteiger partial charge on any atom is -0.480 e. The van der Waals surface area contributed by atoms with E-state index in [1.165, 1.54) is 24.3 Å². The molecule has 0 spiro atoms. The van der Waals surface area contributed by atoms with Crippen molar-refractivity contribution >= 4 is 23.6 Å². The molecule has 19 heavy (non-hydrogen) atoms. The molecule has 1 rings (SSSR count). The monoisotopic (exact) mass is 270 g/mol. The summed E-state index contributed by atoms with van der Waals surface area (Å²) in [7, 11) is 0. The van der Waals surface area contributed by atoms with E-state index in [0.29, 0.717) is 5.69 Å². The molecule has 0 aliphatic heterocycles. The SMILES string of the molecule is NCC(=O)O.Nc1ccc(C(=O)OC(=O)CO)cc1. The molecule has 0 bridgehead atoms. The molecule has 0 atom stereocenters. The fourth-order valence-electron chi connectivity index (χ4n) is 0.814. The number of carboxylic acids is 1. The molecule has 0 aliphatic carbocycles. The van der Waals surface area contributed by atoms with Crippen LogP contribution in [-0.4, -0.2) is 41.3 Å². The molecule has 0 saturated heterocycles. The van der Waals surface area contributed by atoms with Crippen LogP contribution >= 0.6 is 0 Å². The number of carbonyl (C=O) groups excluding carboxylic acids is 2. The van der Waals surface area contributed by atoms with Crippen LogP contribution in [-0.2, 0) is 14.3 Å². The van der Waals surface area contributed by atoms with Crippen LogP contribution in [0.3, 0.4) is 0 Å². The molecule has 0 aliphatic rings. The van der Waals surface area contributed by atoms with Crippen LogP contribution in [0.1, 0.15) is 10.4 Å². The van der Waals surface area contributed by atoms with Gasteiger partial charge in [-0.2, -0.15) is 0 Å². The fraction of sp³-hybridized carbons (Fsp3) is 0.182. The van der Waals surface area contributed by atoms with Crippen molar-refractivity contribution in [1.82, 2.24) is 0 Å². The van der Waals surface area contributed by atoms with Crippen LogP contribution in [0, 0.1) is 0 Å². The summed E-state index contributed by atoms with van der Waals surface area (Å²) in [4.78, 5) is 30.9. The number of aliphatic hydroxyl groups is 1. The molecule has 104 valence electrons. The van der Waals surface area contributed by atoms with Crippen LogP contribution in [0.2, 0.25) is 0 Å². The molecule has 8 heteroatoms. The molecule has 0 unspecified atom stereocenters. The number of hydrogen-bond acceptors (Lipinski definition) is 7. The van der Waals surface area contributed by atoms with Crippen molar-refractivity contribution in [2.24, 2.45) is 5.73 Å². The van der Waals surface area contributed by atoms with Gasteiger partial charge in [-0.3, -0.25) is 4.79 Å². The number of hydrogen-bond donors (Lipinski definition) is 4. The van der Waals surface area contributed by atoms with E-state index in [9.17, 15) is 14.4 Å². The number of aliphatic carboxylic acids is 1. The molecule has 6 N–H and O–H groups in total. The molecule has 1 aromatic rings. The van der Waals surface area contributed by atoms with Crippen molar-refractivity contribution in [1.29, 1.82) is 0 Å². The normalized spacial score (nSPS) is 8.95. The highest BCUT2D eigenvalue weighted by molar-refractivity contribution is 5.97. The Morgan fingerprint density at radius 1 is 1.16 bits per heavy atom. The third kappa shape index (κ3) is 7.47. The number of nitrogens with two attached hydrogens (primary N) is 2. The summed E-state index contributed by atoms with van der Waals surface area (Å²) >= 11 is 0. The summed E-state index contributed by atoms with van der Waals surface area (Å²) in [5.74, 6) is -2.75. The first-order valence-corrected chi connectivity index (χ1v) is 5.04. The highest BCUT2D eigenvalue weighted by Crippen LogP contribution is 2.06. The third-order valence-corrected chi connectivity index (χ3v) is 1.66. The zero-order valence-electron chi connectivity index (χ0n) is 9.91. The van der Waals surface area contributed by atoms with Gasteiger partial charge in [-0.25, -0.2) is 9.59 Å². The van der Waals surface area contributed by atoms with E-state index in [2.05, 4.69) is 10.5 Å². The van der Waals surface area contributed by atoms with Crippen LogP contribution in [0.25, 0.3) is 0 Å². The van der Waals surface area contributed by atoms with Gasteiger partial charge in [-0.1, -0.05) is 0 Å². The summed E-state index contributed by atoms with van der Waals surface area (Å²) in [6.07, 6.45) is 0. The first-order valence-electron chi connectivity index (χ1n) is 5.04. The standard InChI is InChI=1S/C9H9NO4.C2H5NO2/c10-7-3-1-6(2-4-7)9(13)14-8(12)5-11;3-1-2(4)5/h1-4,11H,5,10H2;1,3H2,(H,4,5). The Labute approximate surface area is 108 Å². The van der Waals surface area contributed by atoms with Gasteiger partial charge >= 0.3 is 17.9 Å². The quantitative estimate of drug-likeness (QED) is 0.309. The number of carbonyl (C=O) groups is 3. The topological polar surface area (TPSA) is 153 Å². The van der Waals surface area contributed by atoms with Gasteiger partial charge in [-0.15, -0.1) is 0 Å². The van der Waals surface area contributed by atoms with Crippen LogP contribution in [0.4, 0.5) is 5.69 Å². The van der Waals surface area contributed by atoms with Crippen molar-refractivity contribution in [3.05, 3.63) is 29.8 Å². The molecular weight excluding hydrogens is 256 g/mol. The maximum absolute atomic E-state index is 11.1. The molecular formula is C11H14N2O6. The van der Waals surface area contributed by atoms with E-state index in [4.69, 9.17) is 15.9 Å². The summed E-state index contributed by atoms with van der Waals surface area (Å²) in [5, 5.41) is 15.9. The predicted molar refractivity (Wildman–Crippen MR) is 65.1 cm³/mol. The smallest absolute Gasteiger partial charge is 0.345 e. The Morgan fingerprint density at radius 2 is 1.63 bits per heavy atom. The molecule has 0 aromatic heterocycles. The minimum atomic E-state index is -0.980. The van der Waals surface area contributed by atoms with Gasteiger partial charge in [0.2, 0.25) is 0 Å². The van der Waals surface area contributed by atoms with E-state index in [0.717, 1.165) is 0 Å². The van der Waals surface area contributed by atoms with Gasteiger partial charge in [0, 0.05) is 5.69 Å². The van der Waals surface area contributed by atoms with Gasteiger partial charge in [-0.05, 0) is 24.3 Å². The summed E-state index contributed by atoms with van der Waals surface area (Å²) in [6, 6.07) is 5.89. The minimum absolute atomic E-state index is 0.209. The van der Waals surface area contributed by atoms with Crippen molar-refractivity contribution in [3.8, 4) is 0 Å². The second-order valence-electron chi connectivity index (χ2n) is 3.14. The Kier molecular flexibility index (Phi) is 7.50. The highest BCUT2D eigenvalue weighted by atomic mass is 16.6. The van der Waals surface area contributed by atoms with Crippen LogP contribution in [0.15, 0.2) is 24.3 Å². The van der Waals surface area contributed by atoms with Crippen molar-refractivity contribution in [3.63, 3.8) is 0 Å². The Hall–Kier alpha value is -2.45. The van der Waals surface area contributed by atoms with E-state index in [1.807, 2.05) is 0 Å². The average molecular weight is 270 g/mol. The number of benzene rings is 1. The van der Waals surface area contributed by atoms with Crippen LogP contribution in [0.5, 0.6) is 0 Å². The first-order chi connectivity index (χ1) is 8.90. The van der Waals surface area contributed by atoms with Crippen LogP contribution < -0.4 is 11.5 Å². The predicted octanol–water partition coefficient (Wildman–Crippen LogP) is -1.03. The number of nitrogen functional groups attached to an aromatic ring is 1. The fourth-order valence-corrected chi connectivity index (χ4v) is 0.814. The van der Waals surface area contributed by atoms with Crippen molar-refractivity contribution in [2.75, 3.05) is 18.9 Å². The van der Waals surface area contributed by atoms with Gasteiger partial charge in [0.25, 0.3) is 0 Å². The van der Waals surface area contributed by atoms with Crippen molar-refractivity contribution in [2.45, 2.75) is 0 Å². The highest BCUT2D eigenvalue weighted by Gasteiger charge is 2.11. The number of ether oxygens (including phenoxy) is 1. The number of esters is 2. The second-order valence-corrected chi connectivity index (χ2v) is 3.14. The third-order valence-electron chi connectivity index (χ3n) is 1.66. The van der Waals surface area contributed by atoms with Gasteiger partial charge in [0.1, 0.15) is 6.61 Å². The lowest BCUT2D eigenvalue weighted by molar-refractivity contribution is -0.141. The van der Waals surface area contributed by atoms with Gasteiger partial charge < -0.3 is 26.4 Å². The molecule has 1 aromatic carbocycles. The lowest BCUT2D eigenvalue weighted by Gasteiger charge is -2.00. The molecule has 0 saturated carbocycles. The number of aliphatic hydroxyl groups excluding tert-OH is 1. The van der Waals surface area contributed by atoms with Crippen molar-refractivity contribution < 1.29 is 29.3 Å². The van der Waals surface area contributed by atoms with Gasteiger partial charge in [0.15, 0.2) is 0 Å². The Morgan fingerprint density at radius 3 is 2.00 bits per heavy atom. The summed E-state index contributed by atoms with van der Waals surface area (Å²) in [6.45, 7) is -1.10. The maximum atomic E-state index is 11.1. The van der Waals surface area contributed by atoms with E-state index < -0.39 is 24.5 Å². The molecule has 0 radical (unpaired) electrons. The van der Waals surface area contributed by atoms with E-state index in [1.54, 1.807) is 0 Å². The lowest BCUT2D eigenvalue weighted by atomic mass is 10.2. The van der Waals surface area contributed by atoms with Gasteiger partial charge in [0.05, 0.1) is 12.1 Å². The summed E-state index contributed by atoms with van der Waals surface area (Å²) in [5.41, 5.74) is 10.7. The Bertz CT molecular complexity index is 443. The second kappa shape index (κ2) is 8.61. The number of rotatable bonds is 3. The molecule has 8 nitrogen and oxygen atoms in total. The summed E-state index contributed by atoms with van der Waals surface area (Å²) < 4.78 is 4.26. The van der Waals surface area contributed by atoms with E-state index in [-0.39, 0.29) is 12.1 Å². The average Bonchev–Trinajstić information content (AvgIpc) is 2.39.